The average molecular weight is 379 g/mol. The van der Waals surface area contributed by atoms with Crippen LogP contribution in [0.15, 0.2) is 55.0 Å². The number of halogens is 1. The quantitative estimate of drug-likeness (QED) is 0.562. The highest BCUT2D eigenvalue weighted by molar-refractivity contribution is 6.33. The van der Waals surface area contributed by atoms with Crippen LogP contribution in [0.4, 0.5) is 0 Å². The molecule has 1 fully saturated rings. The maximum atomic E-state index is 12.5. The van der Waals surface area contributed by atoms with Crippen molar-refractivity contribution in [3.05, 3.63) is 76.8 Å². The van der Waals surface area contributed by atoms with Gasteiger partial charge in [-0.3, -0.25) is 14.8 Å². The van der Waals surface area contributed by atoms with Crippen LogP contribution in [0, 0.1) is 6.92 Å². The van der Waals surface area contributed by atoms with E-state index in [1.54, 1.807) is 18.6 Å². The molecule has 4 rings (SSSR count). The molecule has 136 valence electrons. The first-order valence-corrected chi connectivity index (χ1v) is 9.33. The van der Waals surface area contributed by atoms with Gasteiger partial charge in [0, 0.05) is 41.0 Å². The van der Waals surface area contributed by atoms with E-state index < -0.39 is 0 Å². The summed E-state index contributed by atoms with van der Waals surface area (Å²) in [6.45, 7) is 1.91. The second-order valence-electron chi connectivity index (χ2n) is 6.79. The van der Waals surface area contributed by atoms with Gasteiger partial charge in [0.25, 0.3) is 0 Å². The van der Waals surface area contributed by atoms with E-state index in [1.165, 1.54) is 0 Å². The molecule has 1 aromatic carbocycles. The number of hydrogen-bond donors (Lipinski definition) is 0. The van der Waals surface area contributed by atoms with E-state index in [2.05, 4.69) is 9.97 Å². The van der Waals surface area contributed by atoms with Gasteiger partial charge in [0.05, 0.1) is 17.5 Å². The molecular formula is C22H19ClN2O2. The fraction of sp³-hybridized carbons (Fsp3) is 0.227. The average Bonchev–Trinajstić information content (AvgIpc) is 3.47. The molecule has 5 heteroatoms. The molecule has 27 heavy (non-hydrogen) atoms. The predicted octanol–water partition coefficient (Wildman–Crippen LogP) is 5.07. The molecule has 1 saturated carbocycles. The van der Waals surface area contributed by atoms with Crippen molar-refractivity contribution < 1.29 is 9.53 Å². The lowest BCUT2D eigenvalue weighted by molar-refractivity contribution is 0.0991. The van der Waals surface area contributed by atoms with Crippen molar-refractivity contribution >= 4 is 17.4 Å². The molecule has 0 spiro atoms. The van der Waals surface area contributed by atoms with Crippen LogP contribution in [-0.4, -0.2) is 21.9 Å². The molecule has 3 aromatic rings. The minimum atomic E-state index is 0.0143. The van der Waals surface area contributed by atoms with Gasteiger partial charge in [-0.25, -0.2) is 0 Å². The molecule has 0 unspecified atom stereocenters. The molecule has 0 N–H and O–H groups in total. The highest BCUT2D eigenvalue weighted by atomic mass is 35.5. The smallest absolute Gasteiger partial charge is 0.170 e. The normalized spacial score (nSPS) is 13.4. The minimum Gasteiger partial charge on any atom is -0.490 e. The molecule has 1 aliphatic rings. The second kappa shape index (κ2) is 7.49. The Kier molecular flexibility index (Phi) is 4.90. The summed E-state index contributed by atoms with van der Waals surface area (Å²) >= 11 is 6.42. The fourth-order valence-corrected chi connectivity index (χ4v) is 3.17. The molecule has 0 aliphatic heterocycles. The third-order valence-corrected chi connectivity index (χ3v) is 4.90. The third kappa shape index (κ3) is 4.17. The lowest BCUT2D eigenvalue weighted by Crippen LogP contribution is -2.07. The summed E-state index contributed by atoms with van der Waals surface area (Å²) < 4.78 is 5.77. The van der Waals surface area contributed by atoms with Crippen LogP contribution in [0.1, 0.15) is 34.5 Å². The van der Waals surface area contributed by atoms with Crippen molar-refractivity contribution in [3.63, 3.8) is 0 Å². The molecule has 2 aromatic heterocycles. The third-order valence-electron chi connectivity index (χ3n) is 4.58. The monoisotopic (exact) mass is 378 g/mol. The first kappa shape index (κ1) is 17.7. The number of pyridine rings is 2. The maximum absolute atomic E-state index is 12.5. The highest BCUT2D eigenvalue weighted by Gasteiger charge is 2.23. The van der Waals surface area contributed by atoms with Gasteiger partial charge in [-0.15, -0.1) is 0 Å². The molecule has 0 saturated heterocycles. The summed E-state index contributed by atoms with van der Waals surface area (Å²) in [6, 6.07) is 11.4. The van der Waals surface area contributed by atoms with E-state index >= 15 is 0 Å². The van der Waals surface area contributed by atoms with Crippen molar-refractivity contribution in [2.24, 2.45) is 0 Å². The zero-order chi connectivity index (χ0) is 18.8. The van der Waals surface area contributed by atoms with E-state index in [4.69, 9.17) is 16.3 Å². The SMILES string of the molecule is Cc1ccncc1C(=O)Cc1ccc(-c2ccc(OC3CC3)cc2Cl)cn1. The summed E-state index contributed by atoms with van der Waals surface area (Å²) in [5.74, 6) is 0.814. The number of carbonyl (C=O) groups excluding carboxylic acids is 1. The van der Waals surface area contributed by atoms with E-state index in [9.17, 15) is 4.79 Å². The number of aromatic nitrogens is 2. The Morgan fingerprint density at radius 1 is 1.19 bits per heavy atom. The van der Waals surface area contributed by atoms with Gasteiger partial charge < -0.3 is 4.74 Å². The van der Waals surface area contributed by atoms with Crippen LogP contribution in [0.5, 0.6) is 5.75 Å². The molecule has 1 aliphatic carbocycles. The van der Waals surface area contributed by atoms with Gasteiger partial charge in [0.2, 0.25) is 0 Å². The van der Waals surface area contributed by atoms with Gasteiger partial charge in [-0.05, 0) is 55.7 Å². The van der Waals surface area contributed by atoms with Gasteiger partial charge >= 0.3 is 0 Å². The number of ketones is 1. The number of aryl methyl sites for hydroxylation is 1. The number of Topliss-reactive ketones (excluding diaryl/α,β-unsaturated/α-hetero) is 1. The summed E-state index contributed by atoms with van der Waals surface area (Å²) in [7, 11) is 0. The van der Waals surface area contributed by atoms with Crippen LogP contribution >= 0.6 is 11.6 Å². The van der Waals surface area contributed by atoms with Crippen molar-refractivity contribution in [2.75, 3.05) is 0 Å². The van der Waals surface area contributed by atoms with Crippen LogP contribution in [0.2, 0.25) is 5.02 Å². The maximum Gasteiger partial charge on any atom is 0.170 e. The van der Waals surface area contributed by atoms with Gasteiger partial charge in [0.15, 0.2) is 5.78 Å². The summed E-state index contributed by atoms with van der Waals surface area (Å²) in [6.07, 6.45) is 7.86. The second-order valence-corrected chi connectivity index (χ2v) is 7.19. The molecule has 0 bridgehead atoms. The summed E-state index contributed by atoms with van der Waals surface area (Å²) in [5.41, 5.74) is 4.08. The van der Waals surface area contributed by atoms with Gasteiger partial charge in [-0.1, -0.05) is 17.7 Å². The topological polar surface area (TPSA) is 52.1 Å². The van der Waals surface area contributed by atoms with Gasteiger partial charge in [-0.2, -0.15) is 0 Å². The number of carbonyl (C=O) groups is 1. The Hall–Kier alpha value is -2.72. The molecule has 0 atom stereocenters. The van der Waals surface area contributed by atoms with E-state index in [0.717, 1.165) is 41.0 Å². The standard InChI is InChI=1S/C22H19ClN2O2/c1-14-8-9-24-13-20(14)22(26)10-16-3-2-15(12-25-16)19-7-6-18(11-21(19)23)27-17-4-5-17/h2-3,6-9,11-13,17H,4-5,10H2,1H3. The lowest BCUT2D eigenvalue weighted by atomic mass is 10.0. The Balaban J connectivity index is 1.49. The van der Waals surface area contributed by atoms with Gasteiger partial charge in [0.1, 0.15) is 5.75 Å². The fourth-order valence-electron chi connectivity index (χ4n) is 2.89. The Morgan fingerprint density at radius 2 is 2.04 bits per heavy atom. The molecule has 4 nitrogen and oxygen atoms in total. The van der Waals surface area contributed by atoms with Crippen molar-refractivity contribution in [1.29, 1.82) is 0 Å². The Bertz CT molecular complexity index is 982. The van der Waals surface area contributed by atoms with Crippen molar-refractivity contribution in [3.8, 4) is 16.9 Å². The minimum absolute atomic E-state index is 0.0143. The van der Waals surface area contributed by atoms with E-state index in [1.807, 2.05) is 43.3 Å². The Labute approximate surface area is 163 Å². The number of rotatable bonds is 6. The molecule has 0 amide bonds. The first-order chi connectivity index (χ1) is 13.1. The van der Waals surface area contributed by atoms with Crippen molar-refractivity contribution in [1.82, 2.24) is 9.97 Å². The molecule has 0 radical (unpaired) electrons. The summed E-state index contributed by atoms with van der Waals surface area (Å²) in [5, 5.41) is 0.629. The van der Waals surface area contributed by atoms with E-state index in [0.29, 0.717) is 16.7 Å². The van der Waals surface area contributed by atoms with E-state index in [-0.39, 0.29) is 12.2 Å². The zero-order valence-corrected chi connectivity index (χ0v) is 15.7. The number of ether oxygens (including phenoxy) is 1. The zero-order valence-electron chi connectivity index (χ0n) is 15.0. The number of hydrogen-bond acceptors (Lipinski definition) is 4. The Morgan fingerprint density at radius 3 is 2.70 bits per heavy atom. The van der Waals surface area contributed by atoms with Crippen LogP contribution in [0.3, 0.4) is 0 Å². The predicted molar refractivity (Wildman–Crippen MR) is 105 cm³/mol. The number of benzene rings is 1. The lowest BCUT2D eigenvalue weighted by Gasteiger charge is -2.09. The highest BCUT2D eigenvalue weighted by Crippen LogP contribution is 2.33. The van der Waals surface area contributed by atoms with Crippen molar-refractivity contribution in [2.45, 2.75) is 32.3 Å². The van der Waals surface area contributed by atoms with Crippen LogP contribution < -0.4 is 4.74 Å². The van der Waals surface area contributed by atoms with Crippen LogP contribution in [0.25, 0.3) is 11.1 Å². The first-order valence-electron chi connectivity index (χ1n) is 8.95. The van der Waals surface area contributed by atoms with Crippen LogP contribution in [-0.2, 0) is 6.42 Å². The molecule has 2 heterocycles. The number of nitrogens with zero attached hydrogens (tertiary/aromatic N) is 2. The summed E-state index contributed by atoms with van der Waals surface area (Å²) in [4.78, 5) is 20.9. The molecular weight excluding hydrogens is 360 g/mol. The largest absolute Gasteiger partial charge is 0.490 e.